The van der Waals surface area contributed by atoms with Gasteiger partial charge in [0.25, 0.3) is 10.0 Å². The highest BCUT2D eigenvalue weighted by Crippen LogP contribution is 2.28. The predicted octanol–water partition coefficient (Wildman–Crippen LogP) is 3.46. The van der Waals surface area contributed by atoms with Crippen LogP contribution in [0.5, 0.6) is 0 Å². The van der Waals surface area contributed by atoms with Crippen LogP contribution in [0.2, 0.25) is 0 Å². The topological polar surface area (TPSA) is 60.9 Å². The second-order valence-electron chi connectivity index (χ2n) is 7.96. The summed E-state index contributed by atoms with van der Waals surface area (Å²) < 4.78 is 27.6. The third-order valence-corrected chi connectivity index (χ3v) is 9.22. The minimum atomic E-state index is -3.42. The molecule has 1 aromatic heterocycles. The number of thiophene rings is 1. The Balaban J connectivity index is 1.35. The molecule has 0 N–H and O–H groups in total. The van der Waals surface area contributed by atoms with Gasteiger partial charge in [0, 0.05) is 38.8 Å². The average Bonchev–Trinajstić information content (AvgIpc) is 3.30. The van der Waals surface area contributed by atoms with Crippen molar-refractivity contribution >= 4 is 27.4 Å². The second-order valence-corrected chi connectivity index (χ2v) is 11.0. The SMILES string of the molecule is Cc1ccc(CN2CCN(C3CCN(S(=O)(=O)c4cc(C)cs4)CC3)C2=O)cc1. The Bertz CT molecular complexity index is 977. The molecule has 0 spiro atoms. The standard InChI is InChI=1S/C21H27N3O3S2/c1-16-3-5-18(6-4-16)14-22-11-12-24(21(22)25)19-7-9-23(10-8-19)29(26,27)20-13-17(2)15-28-20/h3-6,13,15,19H,7-12,14H2,1-2H3. The van der Waals surface area contributed by atoms with Crippen LogP contribution in [0, 0.1) is 13.8 Å². The molecule has 0 bridgehead atoms. The lowest BCUT2D eigenvalue weighted by Gasteiger charge is -2.35. The number of urea groups is 1. The molecule has 8 heteroatoms. The Morgan fingerprint density at radius 2 is 1.69 bits per heavy atom. The molecule has 29 heavy (non-hydrogen) atoms. The number of amides is 2. The normalized spacial score (nSPS) is 19.3. The first-order chi connectivity index (χ1) is 13.8. The minimum absolute atomic E-state index is 0.0702. The highest BCUT2D eigenvalue weighted by Gasteiger charge is 2.37. The Morgan fingerprint density at radius 3 is 2.31 bits per heavy atom. The Morgan fingerprint density at radius 1 is 1.00 bits per heavy atom. The van der Waals surface area contributed by atoms with Crippen molar-refractivity contribution in [2.24, 2.45) is 0 Å². The van der Waals surface area contributed by atoms with Gasteiger partial charge in [0.2, 0.25) is 0 Å². The van der Waals surface area contributed by atoms with Gasteiger partial charge in [-0.3, -0.25) is 0 Å². The second kappa shape index (κ2) is 8.08. The van der Waals surface area contributed by atoms with Crippen molar-refractivity contribution in [3.8, 4) is 0 Å². The van der Waals surface area contributed by atoms with Gasteiger partial charge < -0.3 is 9.80 Å². The van der Waals surface area contributed by atoms with E-state index in [0.717, 1.165) is 17.7 Å². The maximum Gasteiger partial charge on any atom is 0.320 e. The Labute approximate surface area is 176 Å². The van der Waals surface area contributed by atoms with Crippen molar-refractivity contribution in [2.45, 2.75) is 43.5 Å². The van der Waals surface area contributed by atoms with Gasteiger partial charge in [-0.15, -0.1) is 11.3 Å². The van der Waals surface area contributed by atoms with Crippen molar-refractivity contribution in [1.82, 2.24) is 14.1 Å². The van der Waals surface area contributed by atoms with Crippen LogP contribution >= 0.6 is 11.3 Å². The first-order valence-corrected chi connectivity index (χ1v) is 12.3. The van der Waals surface area contributed by atoms with Crippen LogP contribution in [-0.4, -0.2) is 60.8 Å². The summed E-state index contributed by atoms with van der Waals surface area (Å²) in [5.41, 5.74) is 3.32. The summed E-state index contributed by atoms with van der Waals surface area (Å²) >= 11 is 1.28. The van der Waals surface area contributed by atoms with Gasteiger partial charge in [-0.25, -0.2) is 13.2 Å². The molecule has 2 aromatic rings. The molecule has 0 radical (unpaired) electrons. The molecule has 2 aliphatic heterocycles. The zero-order valence-electron chi connectivity index (χ0n) is 16.9. The highest BCUT2D eigenvalue weighted by atomic mass is 32.2. The van der Waals surface area contributed by atoms with E-state index in [1.807, 2.05) is 22.1 Å². The molecule has 0 atom stereocenters. The molecule has 2 fully saturated rings. The molecule has 156 valence electrons. The lowest BCUT2D eigenvalue weighted by molar-refractivity contribution is 0.153. The molecule has 0 saturated carbocycles. The Kier molecular flexibility index (Phi) is 5.68. The fraction of sp³-hybridized carbons (Fsp3) is 0.476. The van der Waals surface area contributed by atoms with Crippen molar-refractivity contribution in [2.75, 3.05) is 26.2 Å². The number of carbonyl (C=O) groups excluding carboxylic acids is 1. The van der Waals surface area contributed by atoms with Gasteiger partial charge in [-0.05, 0) is 49.3 Å². The van der Waals surface area contributed by atoms with Crippen LogP contribution in [0.1, 0.15) is 29.5 Å². The fourth-order valence-electron chi connectivity index (χ4n) is 4.06. The summed E-state index contributed by atoms with van der Waals surface area (Å²) in [6.45, 7) is 6.95. The van der Waals surface area contributed by atoms with E-state index >= 15 is 0 Å². The summed E-state index contributed by atoms with van der Waals surface area (Å²) in [6, 6.07) is 10.2. The van der Waals surface area contributed by atoms with Crippen molar-refractivity contribution in [1.29, 1.82) is 0 Å². The number of aryl methyl sites for hydroxylation is 2. The number of benzene rings is 1. The molecule has 2 saturated heterocycles. The van der Waals surface area contributed by atoms with Crippen LogP contribution in [-0.2, 0) is 16.6 Å². The smallest absolute Gasteiger partial charge is 0.320 e. The minimum Gasteiger partial charge on any atom is -0.320 e. The highest BCUT2D eigenvalue weighted by molar-refractivity contribution is 7.91. The molecule has 4 rings (SSSR count). The van der Waals surface area contributed by atoms with Crippen LogP contribution in [0.3, 0.4) is 0 Å². The van der Waals surface area contributed by atoms with Crippen molar-refractivity contribution in [3.63, 3.8) is 0 Å². The number of hydrogen-bond acceptors (Lipinski definition) is 4. The third-order valence-electron chi connectivity index (χ3n) is 5.79. The van der Waals surface area contributed by atoms with Gasteiger partial charge in [0.1, 0.15) is 4.21 Å². The maximum atomic E-state index is 12.9. The summed E-state index contributed by atoms with van der Waals surface area (Å²) in [6.07, 6.45) is 1.38. The largest absolute Gasteiger partial charge is 0.320 e. The summed E-state index contributed by atoms with van der Waals surface area (Å²) in [5.74, 6) is 0. The first-order valence-electron chi connectivity index (χ1n) is 10.0. The summed E-state index contributed by atoms with van der Waals surface area (Å²) in [7, 11) is -3.42. The fourth-order valence-corrected chi connectivity index (χ4v) is 6.91. The Hall–Kier alpha value is -1.90. The number of carbonyl (C=O) groups is 1. The van der Waals surface area contributed by atoms with Gasteiger partial charge in [0.15, 0.2) is 0 Å². The molecular formula is C21H27N3O3S2. The van der Waals surface area contributed by atoms with Crippen LogP contribution in [0.25, 0.3) is 0 Å². The molecule has 6 nitrogen and oxygen atoms in total. The average molecular weight is 434 g/mol. The quantitative estimate of drug-likeness (QED) is 0.726. The van der Waals surface area contributed by atoms with Crippen LogP contribution in [0.15, 0.2) is 39.9 Å². The van der Waals surface area contributed by atoms with Gasteiger partial charge in [0.05, 0.1) is 0 Å². The third kappa shape index (κ3) is 4.20. The van der Waals surface area contributed by atoms with Crippen molar-refractivity contribution in [3.05, 3.63) is 52.4 Å². The summed E-state index contributed by atoms with van der Waals surface area (Å²) in [5, 5.41) is 1.87. The number of piperidine rings is 1. The molecule has 2 aliphatic rings. The van der Waals surface area contributed by atoms with E-state index in [9.17, 15) is 13.2 Å². The first kappa shape index (κ1) is 20.4. The molecule has 3 heterocycles. The molecular weight excluding hydrogens is 406 g/mol. The number of rotatable bonds is 5. The predicted molar refractivity (Wildman–Crippen MR) is 115 cm³/mol. The van der Waals surface area contributed by atoms with Crippen molar-refractivity contribution < 1.29 is 13.2 Å². The lowest BCUT2D eigenvalue weighted by atomic mass is 10.1. The zero-order valence-corrected chi connectivity index (χ0v) is 18.5. The monoisotopic (exact) mass is 433 g/mol. The van der Waals surface area contributed by atoms with E-state index in [1.165, 1.54) is 16.9 Å². The van der Waals surface area contributed by atoms with E-state index < -0.39 is 10.0 Å². The van der Waals surface area contributed by atoms with E-state index in [2.05, 4.69) is 31.2 Å². The zero-order chi connectivity index (χ0) is 20.6. The van der Waals surface area contributed by atoms with Gasteiger partial charge in [-0.1, -0.05) is 29.8 Å². The van der Waals surface area contributed by atoms with E-state index in [1.54, 1.807) is 10.4 Å². The molecule has 0 aliphatic carbocycles. The van der Waals surface area contributed by atoms with Gasteiger partial charge >= 0.3 is 6.03 Å². The van der Waals surface area contributed by atoms with Gasteiger partial charge in [-0.2, -0.15) is 4.31 Å². The van der Waals surface area contributed by atoms with E-state index in [4.69, 9.17) is 0 Å². The van der Waals surface area contributed by atoms with Crippen LogP contribution in [0.4, 0.5) is 4.79 Å². The summed E-state index contributed by atoms with van der Waals surface area (Å²) in [4.78, 5) is 16.7. The van der Waals surface area contributed by atoms with E-state index in [-0.39, 0.29) is 12.1 Å². The number of sulfonamides is 1. The molecule has 2 amide bonds. The number of nitrogens with zero attached hydrogens (tertiary/aromatic N) is 3. The van der Waals surface area contributed by atoms with E-state index in [0.29, 0.717) is 43.2 Å². The van der Waals surface area contributed by atoms with Crippen LogP contribution < -0.4 is 0 Å². The molecule has 1 aromatic carbocycles. The molecule has 0 unspecified atom stereocenters. The lowest BCUT2D eigenvalue weighted by Crippen LogP contribution is -2.47. The maximum absolute atomic E-state index is 12.9. The number of hydrogen-bond donors (Lipinski definition) is 0.